The van der Waals surface area contributed by atoms with Gasteiger partial charge < -0.3 is 4.74 Å². The molecule has 132 valence electrons. The molecule has 0 heterocycles. The van der Waals surface area contributed by atoms with E-state index in [4.69, 9.17) is 4.74 Å². The second-order valence-corrected chi connectivity index (χ2v) is 6.97. The second-order valence-electron chi connectivity index (χ2n) is 6.97. The number of hydrogen-bond acceptors (Lipinski definition) is 3. The Bertz CT molecular complexity index is 866. The minimum atomic E-state index is -0.753. The third-order valence-corrected chi connectivity index (χ3v) is 5.57. The molecule has 4 rings (SSSR count). The zero-order valence-electron chi connectivity index (χ0n) is 14.9. The molecule has 0 fully saturated rings. The molecule has 0 radical (unpaired) electrons. The first-order chi connectivity index (χ1) is 12.7. The molecule has 2 aliphatic rings. The first kappa shape index (κ1) is 16.8. The van der Waals surface area contributed by atoms with Crippen molar-refractivity contribution < 1.29 is 14.3 Å². The average molecular weight is 346 g/mol. The summed E-state index contributed by atoms with van der Waals surface area (Å²) in [6, 6.07) is 18.2. The predicted molar refractivity (Wildman–Crippen MR) is 101 cm³/mol. The SMILES string of the molecule is CCOC(=O)[C@@H]1C(=O)C=C2c3ccccc3CC[C@@H]2[C@@H]1c1ccccc1. The number of carbonyl (C=O) groups is 2. The summed E-state index contributed by atoms with van der Waals surface area (Å²) >= 11 is 0. The van der Waals surface area contributed by atoms with Gasteiger partial charge in [-0.05, 0) is 54.0 Å². The largest absolute Gasteiger partial charge is 0.465 e. The molecule has 2 aromatic carbocycles. The minimum Gasteiger partial charge on any atom is -0.465 e. The smallest absolute Gasteiger partial charge is 0.317 e. The number of hydrogen-bond donors (Lipinski definition) is 0. The van der Waals surface area contributed by atoms with Crippen molar-refractivity contribution in [3.63, 3.8) is 0 Å². The molecule has 0 aromatic heterocycles. The monoisotopic (exact) mass is 346 g/mol. The van der Waals surface area contributed by atoms with Crippen LogP contribution in [0, 0.1) is 11.8 Å². The van der Waals surface area contributed by atoms with Crippen LogP contribution in [0.2, 0.25) is 0 Å². The van der Waals surface area contributed by atoms with Crippen molar-refractivity contribution >= 4 is 17.3 Å². The van der Waals surface area contributed by atoms with Crippen LogP contribution in [0.15, 0.2) is 60.7 Å². The minimum absolute atomic E-state index is 0.139. The Morgan fingerprint density at radius 1 is 1.08 bits per heavy atom. The topological polar surface area (TPSA) is 43.4 Å². The van der Waals surface area contributed by atoms with Crippen molar-refractivity contribution in [2.75, 3.05) is 6.61 Å². The summed E-state index contributed by atoms with van der Waals surface area (Å²) in [6.45, 7) is 2.06. The van der Waals surface area contributed by atoms with E-state index in [9.17, 15) is 9.59 Å². The number of benzene rings is 2. The lowest BCUT2D eigenvalue weighted by atomic mass is 9.62. The molecule has 2 aromatic rings. The number of esters is 1. The van der Waals surface area contributed by atoms with Gasteiger partial charge in [0.25, 0.3) is 0 Å². The molecule has 0 bridgehead atoms. The Hall–Kier alpha value is -2.68. The van der Waals surface area contributed by atoms with Gasteiger partial charge in [-0.15, -0.1) is 0 Å². The van der Waals surface area contributed by atoms with Gasteiger partial charge in [-0.1, -0.05) is 54.6 Å². The molecule has 0 saturated heterocycles. The highest BCUT2D eigenvalue weighted by Crippen LogP contribution is 2.49. The molecule has 0 aliphatic heterocycles. The first-order valence-electron chi connectivity index (χ1n) is 9.26. The Kier molecular flexibility index (Phi) is 4.46. The van der Waals surface area contributed by atoms with Crippen molar-refractivity contribution in [3.05, 3.63) is 77.4 Å². The maximum Gasteiger partial charge on any atom is 0.317 e. The van der Waals surface area contributed by atoms with Crippen LogP contribution in [0.4, 0.5) is 0 Å². The zero-order valence-corrected chi connectivity index (χ0v) is 14.9. The molecular weight excluding hydrogens is 324 g/mol. The number of fused-ring (bicyclic) bond motifs is 3. The van der Waals surface area contributed by atoms with Gasteiger partial charge in [0, 0.05) is 5.92 Å². The Labute approximate surface area is 153 Å². The lowest BCUT2D eigenvalue weighted by molar-refractivity contribution is -0.152. The third kappa shape index (κ3) is 2.78. The number of carbonyl (C=O) groups excluding carboxylic acids is 2. The fraction of sp³-hybridized carbons (Fsp3) is 0.304. The first-order valence-corrected chi connectivity index (χ1v) is 9.26. The maximum absolute atomic E-state index is 13.0. The van der Waals surface area contributed by atoms with Gasteiger partial charge in [0.05, 0.1) is 6.61 Å². The lowest BCUT2D eigenvalue weighted by Crippen LogP contribution is -2.39. The average Bonchev–Trinajstić information content (AvgIpc) is 2.67. The Morgan fingerprint density at radius 3 is 2.58 bits per heavy atom. The van der Waals surface area contributed by atoms with E-state index >= 15 is 0 Å². The van der Waals surface area contributed by atoms with E-state index in [0.29, 0.717) is 0 Å². The number of ether oxygens (including phenoxy) is 1. The molecule has 26 heavy (non-hydrogen) atoms. The van der Waals surface area contributed by atoms with E-state index in [-0.39, 0.29) is 24.2 Å². The van der Waals surface area contributed by atoms with Crippen LogP contribution in [-0.4, -0.2) is 18.4 Å². The van der Waals surface area contributed by atoms with E-state index in [1.807, 2.05) is 42.5 Å². The fourth-order valence-corrected chi connectivity index (χ4v) is 4.49. The quantitative estimate of drug-likeness (QED) is 0.619. The summed E-state index contributed by atoms with van der Waals surface area (Å²) in [5.41, 5.74) is 4.55. The third-order valence-electron chi connectivity index (χ3n) is 5.57. The summed E-state index contributed by atoms with van der Waals surface area (Å²) in [5.74, 6) is -1.31. The van der Waals surface area contributed by atoms with Gasteiger partial charge in [-0.3, -0.25) is 9.59 Å². The van der Waals surface area contributed by atoms with Gasteiger partial charge in [0.1, 0.15) is 5.92 Å². The van der Waals surface area contributed by atoms with Crippen LogP contribution in [0.3, 0.4) is 0 Å². The molecule has 2 aliphatic carbocycles. The highest BCUT2D eigenvalue weighted by atomic mass is 16.5. The lowest BCUT2D eigenvalue weighted by Gasteiger charge is -2.40. The van der Waals surface area contributed by atoms with Crippen LogP contribution < -0.4 is 0 Å². The molecule has 3 heteroatoms. The van der Waals surface area contributed by atoms with Crippen LogP contribution >= 0.6 is 0 Å². The van der Waals surface area contributed by atoms with E-state index in [0.717, 1.165) is 29.5 Å². The Balaban J connectivity index is 1.85. The summed E-state index contributed by atoms with van der Waals surface area (Å²) in [4.78, 5) is 25.6. The summed E-state index contributed by atoms with van der Waals surface area (Å²) < 4.78 is 5.26. The molecule has 0 spiro atoms. The van der Waals surface area contributed by atoms with Gasteiger partial charge in [0.2, 0.25) is 0 Å². The van der Waals surface area contributed by atoms with Crippen LogP contribution in [-0.2, 0) is 20.7 Å². The molecule has 3 atom stereocenters. The number of allylic oxidation sites excluding steroid dienone is 2. The van der Waals surface area contributed by atoms with Gasteiger partial charge >= 0.3 is 5.97 Å². The number of rotatable bonds is 3. The van der Waals surface area contributed by atoms with Crippen LogP contribution in [0.1, 0.15) is 36.0 Å². The van der Waals surface area contributed by atoms with Gasteiger partial charge in [-0.2, -0.15) is 0 Å². The highest BCUT2D eigenvalue weighted by Gasteiger charge is 2.46. The maximum atomic E-state index is 13.0. The van der Waals surface area contributed by atoms with Crippen molar-refractivity contribution in [3.8, 4) is 0 Å². The van der Waals surface area contributed by atoms with Crippen molar-refractivity contribution in [1.29, 1.82) is 0 Å². The molecule has 0 unspecified atom stereocenters. The molecule has 0 saturated carbocycles. The molecular formula is C23H22O3. The van der Waals surface area contributed by atoms with Crippen LogP contribution in [0.25, 0.3) is 5.57 Å². The van der Waals surface area contributed by atoms with E-state index in [1.165, 1.54) is 5.56 Å². The van der Waals surface area contributed by atoms with Crippen LogP contribution in [0.5, 0.6) is 0 Å². The van der Waals surface area contributed by atoms with Crippen molar-refractivity contribution in [2.45, 2.75) is 25.7 Å². The summed E-state index contributed by atoms with van der Waals surface area (Å²) in [5, 5.41) is 0. The summed E-state index contributed by atoms with van der Waals surface area (Å²) in [7, 11) is 0. The standard InChI is InChI=1S/C23H22O3/c1-2-26-23(25)22-20(24)14-19-17-11-7-6-8-15(17)12-13-18(19)21(22)16-9-4-3-5-10-16/h3-11,14,18,21-22H,2,12-13H2,1H3/t18-,21-,22+/m0/s1. The molecule has 0 N–H and O–H groups in total. The predicted octanol–water partition coefficient (Wildman–Crippen LogP) is 4.18. The molecule has 0 amide bonds. The van der Waals surface area contributed by atoms with Crippen molar-refractivity contribution in [2.24, 2.45) is 11.8 Å². The molecule has 3 nitrogen and oxygen atoms in total. The fourth-order valence-electron chi connectivity index (χ4n) is 4.49. The van der Waals surface area contributed by atoms with Crippen molar-refractivity contribution in [1.82, 2.24) is 0 Å². The second kappa shape index (κ2) is 6.91. The Morgan fingerprint density at radius 2 is 1.81 bits per heavy atom. The summed E-state index contributed by atoms with van der Waals surface area (Å²) in [6.07, 6.45) is 3.60. The van der Waals surface area contributed by atoms with E-state index in [1.54, 1.807) is 13.0 Å². The number of aryl methyl sites for hydroxylation is 1. The van der Waals surface area contributed by atoms with E-state index in [2.05, 4.69) is 12.1 Å². The van der Waals surface area contributed by atoms with Gasteiger partial charge in [-0.25, -0.2) is 0 Å². The zero-order chi connectivity index (χ0) is 18.1. The highest BCUT2D eigenvalue weighted by molar-refractivity contribution is 6.11. The van der Waals surface area contributed by atoms with Gasteiger partial charge in [0.15, 0.2) is 5.78 Å². The normalized spacial score (nSPS) is 24.3. The van der Waals surface area contributed by atoms with E-state index < -0.39 is 11.9 Å². The number of ketones is 1.